The van der Waals surface area contributed by atoms with Crippen molar-refractivity contribution in [3.63, 3.8) is 0 Å². The van der Waals surface area contributed by atoms with Crippen molar-refractivity contribution in [2.75, 3.05) is 0 Å². The monoisotopic (exact) mass is 305 g/mol. The number of nitrogens with two attached hydrogens (primary N) is 1. The molecule has 1 aromatic carbocycles. The average molecular weight is 306 g/mol. The molecule has 0 bridgehead atoms. The second-order valence-electron chi connectivity index (χ2n) is 4.95. The number of rotatable bonds is 1. The van der Waals surface area contributed by atoms with Gasteiger partial charge in [-0.05, 0) is 35.3 Å². The summed E-state index contributed by atoms with van der Waals surface area (Å²) in [6.07, 6.45) is 1.93. The van der Waals surface area contributed by atoms with E-state index in [0.717, 1.165) is 29.8 Å². The summed E-state index contributed by atoms with van der Waals surface area (Å²) in [6, 6.07) is 8.72. The van der Waals surface area contributed by atoms with Crippen molar-refractivity contribution in [3.05, 3.63) is 40.3 Å². The van der Waals surface area contributed by atoms with Gasteiger partial charge in [-0.15, -0.1) is 0 Å². The normalized spacial score (nSPS) is 18.7. The van der Waals surface area contributed by atoms with Gasteiger partial charge >= 0.3 is 0 Å². The number of aromatic nitrogens is 2. The third-order valence-electron chi connectivity index (χ3n) is 3.50. The van der Waals surface area contributed by atoms with Crippen molar-refractivity contribution in [1.29, 1.82) is 0 Å². The molecule has 0 radical (unpaired) electrons. The summed E-state index contributed by atoms with van der Waals surface area (Å²) in [4.78, 5) is 4.66. The standard InChI is InChI=1S/C14H16BrN3/c1-9-3-2-4-10(7-9)13-12-8-11(16)5-6-18(12)14(15)17-13/h2-4,7,11H,5-6,8,16H2,1H3. The van der Waals surface area contributed by atoms with E-state index in [1.165, 1.54) is 16.8 Å². The zero-order valence-electron chi connectivity index (χ0n) is 10.4. The van der Waals surface area contributed by atoms with E-state index >= 15 is 0 Å². The molecule has 1 aliphatic heterocycles. The number of fused-ring (bicyclic) bond motifs is 1. The molecule has 1 aromatic heterocycles. The maximum Gasteiger partial charge on any atom is 0.177 e. The molecule has 1 unspecified atom stereocenters. The number of imidazole rings is 1. The second-order valence-corrected chi connectivity index (χ2v) is 5.66. The van der Waals surface area contributed by atoms with Crippen LogP contribution in [0.15, 0.2) is 29.0 Å². The predicted octanol–water partition coefficient (Wildman–Crippen LogP) is 2.89. The lowest BCUT2D eigenvalue weighted by molar-refractivity contribution is 0.467. The van der Waals surface area contributed by atoms with E-state index < -0.39 is 0 Å². The molecule has 0 aliphatic carbocycles. The molecule has 0 saturated heterocycles. The first-order valence-electron chi connectivity index (χ1n) is 6.22. The van der Waals surface area contributed by atoms with Crippen molar-refractivity contribution in [2.45, 2.75) is 32.4 Å². The summed E-state index contributed by atoms with van der Waals surface area (Å²) in [6.45, 7) is 3.06. The van der Waals surface area contributed by atoms with Crippen LogP contribution in [0.3, 0.4) is 0 Å². The SMILES string of the molecule is Cc1cccc(-c2nc(Br)n3c2CC(N)CC3)c1. The second kappa shape index (κ2) is 4.52. The molecule has 0 saturated carbocycles. The van der Waals surface area contributed by atoms with Gasteiger partial charge < -0.3 is 10.3 Å². The molecule has 0 fully saturated rings. The van der Waals surface area contributed by atoms with Crippen LogP contribution < -0.4 is 5.73 Å². The Morgan fingerprint density at radius 3 is 3.06 bits per heavy atom. The number of benzene rings is 1. The Bertz CT molecular complexity index is 589. The smallest absolute Gasteiger partial charge is 0.177 e. The lowest BCUT2D eigenvalue weighted by Crippen LogP contribution is -2.30. The zero-order valence-corrected chi connectivity index (χ0v) is 11.9. The van der Waals surface area contributed by atoms with E-state index in [9.17, 15) is 0 Å². The quantitative estimate of drug-likeness (QED) is 0.880. The third-order valence-corrected chi connectivity index (χ3v) is 4.10. The average Bonchev–Trinajstić information content (AvgIpc) is 2.66. The van der Waals surface area contributed by atoms with E-state index in [-0.39, 0.29) is 6.04 Å². The molecule has 94 valence electrons. The Morgan fingerprint density at radius 1 is 1.44 bits per heavy atom. The van der Waals surface area contributed by atoms with Crippen molar-refractivity contribution < 1.29 is 0 Å². The van der Waals surface area contributed by atoms with Gasteiger partial charge in [0.2, 0.25) is 0 Å². The zero-order chi connectivity index (χ0) is 12.7. The van der Waals surface area contributed by atoms with Crippen LogP contribution in [0.1, 0.15) is 17.7 Å². The van der Waals surface area contributed by atoms with Gasteiger partial charge in [-0.25, -0.2) is 4.98 Å². The topological polar surface area (TPSA) is 43.8 Å². The molecule has 1 atom stereocenters. The van der Waals surface area contributed by atoms with Crippen LogP contribution in [0, 0.1) is 6.92 Å². The van der Waals surface area contributed by atoms with E-state index in [4.69, 9.17) is 5.73 Å². The van der Waals surface area contributed by atoms with Gasteiger partial charge in [-0.3, -0.25) is 0 Å². The summed E-state index contributed by atoms with van der Waals surface area (Å²) in [7, 11) is 0. The maximum atomic E-state index is 6.08. The van der Waals surface area contributed by atoms with Crippen molar-refractivity contribution in [2.24, 2.45) is 5.73 Å². The Balaban J connectivity index is 2.13. The molecule has 3 rings (SSSR count). The van der Waals surface area contributed by atoms with Gasteiger partial charge in [0, 0.05) is 30.3 Å². The lowest BCUT2D eigenvalue weighted by atomic mass is 10.00. The van der Waals surface area contributed by atoms with Crippen molar-refractivity contribution in [3.8, 4) is 11.3 Å². The minimum atomic E-state index is 0.254. The lowest BCUT2D eigenvalue weighted by Gasteiger charge is -2.21. The van der Waals surface area contributed by atoms with Crippen molar-refractivity contribution in [1.82, 2.24) is 9.55 Å². The molecular weight excluding hydrogens is 290 g/mol. The Kier molecular flexibility index (Phi) is 2.99. The number of hydrogen-bond donors (Lipinski definition) is 1. The van der Waals surface area contributed by atoms with Gasteiger partial charge in [0.1, 0.15) is 0 Å². The highest BCUT2D eigenvalue weighted by atomic mass is 79.9. The first kappa shape index (κ1) is 11.9. The van der Waals surface area contributed by atoms with Crippen LogP contribution in [0.4, 0.5) is 0 Å². The highest BCUT2D eigenvalue weighted by Crippen LogP contribution is 2.30. The fourth-order valence-electron chi connectivity index (χ4n) is 2.56. The van der Waals surface area contributed by atoms with E-state index in [1.54, 1.807) is 0 Å². The van der Waals surface area contributed by atoms with Crippen LogP contribution in [0.5, 0.6) is 0 Å². The minimum absolute atomic E-state index is 0.254. The van der Waals surface area contributed by atoms with Crippen LogP contribution in [0.25, 0.3) is 11.3 Å². The third kappa shape index (κ3) is 1.99. The molecule has 2 heterocycles. The highest BCUT2D eigenvalue weighted by Gasteiger charge is 2.23. The van der Waals surface area contributed by atoms with Crippen molar-refractivity contribution >= 4 is 15.9 Å². The highest BCUT2D eigenvalue weighted by molar-refractivity contribution is 9.10. The molecule has 0 spiro atoms. The summed E-state index contributed by atoms with van der Waals surface area (Å²) >= 11 is 3.55. The summed E-state index contributed by atoms with van der Waals surface area (Å²) in [5.41, 5.74) is 10.8. The van der Waals surface area contributed by atoms with E-state index in [0.29, 0.717) is 0 Å². The molecular formula is C14H16BrN3. The van der Waals surface area contributed by atoms with Crippen LogP contribution >= 0.6 is 15.9 Å². The number of halogens is 1. The largest absolute Gasteiger partial charge is 0.327 e. The molecule has 3 nitrogen and oxygen atoms in total. The maximum absolute atomic E-state index is 6.08. The minimum Gasteiger partial charge on any atom is -0.327 e. The fraction of sp³-hybridized carbons (Fsp3) is 0.357. The van der Waals surface area contributed by atoms with E-state index in [1.807, 2.05) is 0 Å². The van der Waals surface area contributed by atoms with Crippen LogP contribution in [-0.4, -0.2) is 15.6 Å². The summed E-state index contributed by atoms with van der Waals surface area (Å²) in [5, 5.41) is 0. The molecule has 2 N–H and O–H groups in total. The molecule has 2 aromatic rings. The predicted molar refractivity (Wildman–Crippen MR) is 76.4 cm³/mol. The first-order valence-corrected chi connectivity index (χ1v) is 7.02. The van der Waals surface area contributed by atoms with Gasteiger partial charge in [-0.2, -0.15) is 0 Å². The molecule has 4 heteroatoms. The van der Waals surface area contributed by atoms with Gasteiger partial charge in [0.15, 0.2) is 4.73 Å². The van der Waals surface area contributed by atoms with Crippen LogP contribution in [-0.2, 0) is 13.0 Å². The summed E-state index contributed by atoms with van der Waals surface area (Å²) in [5.74, 6) is 0. The van der Waals surface area contributed by atoms with E-state index in [2.05, 4.69) is 56.7 Å². The Morgan fingerprint density at radius 2 is 2.28 bits per heavy atom. The number of hydrogen-bond acceptors (Lipinski definition) is 2. The first-order chi connectivity index (χ1) is 8.65. The van der Waals surface area contributed by atoms with Crippen LogP contribution in [0.2, 0.25) is 0 Å². The van der Waals surface area contributed by atoms with Gasteiger partial charge in [-0.1, -0.05) is 23.8 Å². The fourth-order valence-corrected chi connectivity index (χ4v) is 3.13. The number of nitrogens with zero attached hydrogens (tertiary/aromatic N) is 2. The molecule has 18 heavy (non-hydrogen) atoms. The molecule has 0 amide bonds. The van der Waals surface area contributed by atoms with Gasteiger partial charge in [0.05, 0.1) is 5.69 Å². The Hall–Kier alpha value is -1.13. The molecule has 1 aliphatic rings. The van der Waals surface area contributed by atoms with Gasteiger partial charge in [0.25, 0.3) is 0 Å². The number of aryl methyl sites for hydroxylation is 1. The Labute approximate surface area is 115 Å². The summed E-state index contributed by atoms with van der Waals surface area (Å²) < 4.78 is 3.15.